The predicted octanol–water partition coefficient (Wildman–Crippen LogP) is 1.55. The first-order valence-corrected chi connectivity index (χ1v) is 8.41. The number of H-pyrrole nitrogens is 1. The van der Waals surface area contributed by atoms with Gasteiger partial charge in [-0.05, 0) is 32.2 Å². The average molecular weight is 312 g/mol. The molecule has 5 nitrogen and oxygen atoms in total. The van der Waals surface area contributed by atoms with Gasteiger partial charge in [0.15, 0.2) is 0 Å². The molecular weight excluding hydrogens is 288 g/mol. The number of hydrogen-bond acceptors (Lipinski definition) is 3. The average Bonchev–Trinajstić information content (AvgIpc) is 2.96. The molecule has 0 saturated carbocycles. The van der Waals surface area contributed by atoms with Crippen molar-refractivity contribution in [3.8, 4) is 0 Å². The van der Waals surface area contributed by atoms with Crippen molar-refractivity contribution in [3.05, 3.63) is 35.5 Å². The van der Waals surface area contributed by atoms with E-state index in [1.165, 1.54) is 5.56 Å². The Balaban J connectivity index is 1.53. The number of aryl methyl sites for hydroxylation is 1. The van der Waals surface area contributed by atoms with Crippen LogP contribution in [0.15, 0.2) is 24.3 Å². The number of aromatic amines is 1. The van der Waals surface area contributed by atoms with E-state index in [1.54, 1.807) is 0 Å². The first kappa shape index (κ1) is 14.7. The largest absolute Gasteiger partial charge is 0.351 e. The van der Waals surface area contributed by atoms with Crippen LogP contribution >= 0.6 is 0 Å². The van der Waals surface area contributed by atoms with Crippen LogP contribution in [0.2, 0.25) is 0 Å². The van der Waals surface area contributed by atoms with Gasteiger partial charge >= 0.3 is 0 Å². The van der Waals surface area contributed by atoms with Gasteiger partial charge in [0.25, 0.3) is 5.91 Å². The van der Waals surface area contributed by atoms with E-state index in [4.69, 9.17) is 0 Å². The number of rotatable bonds is 1. The standard InChI is InChI=1S/C18H24N4O/c1-13-3-4-16-14(9-13)10-17(19-16)18(23)22-8-7-21-6-5-20(2)11-15(21)12-22/h3-4,9-10,15,19H,5-8,11-12H2,1-2H3/t15-/m0/s1. The van der Waals surface area contributed by atoms with E-state index in [0.29, 0.717) is 11.7 Å². The Morgan fingerprint density at radius 2 is 1.96 bits per heavy atom. The molecular formula is C18H24N4O. The summed E-state index contributed by atoms with van der Waals surface area (Å²) < 4.78 is 0. The summed E-state index contributed by atoms with van der Waals surface area (Å²) in [6.45, 7) is 8.03. The van der Waals surface area contributed by atoms with E-state index in [0.717, 1.165) is 50.2 Å². The lowest BCUT2D eigenvalue weighted by atomic mass is 10.1. The Morgan fingerprint density at radius 3 is 2.83 bits per heavy atom. The minimum absolute atomic E-state index is 0.131. The van der Waals surface area contributed by atoms with Gasteiger partial charge in [0.05, 0.1) is 0 Å². The maximum atomic E-state index is 12.9. The first-order valence-electron chi connectivity index (χ1n) is 8.41. The van der Waals surface area contributed by atoms with Gasteiger partial charge in [-0.3, -0.25) is 9.69 Å². The molecule has 2 saturated heterocycles. The van der Waals surface area contributed by atoms with Gasteiger partial charge in [-0.15, -0.1) is 0 Å². The molecule has 0 radical (unpaired) electrons. The highest BCUT2D eigenvalue weighted by molar-refractivity contribution is 5.98. The molecule has 0 spiro atoms. The zero-order chi connectivity index (χ0) is 16.0. The zero-order valence-corrected chi connectivity index (χ0v) is 13.9. The quantitative estimate of drug-likeness (QED) is 0.869. The molecule has 2 aliphatic heterocycles. The van der Waals surface area contributed by atoms with Crippen molar-refractivity contribution in [2.24, 2.45) is 0 Å². The lowest BCUT2D eigenvalue weighted by Crippen LogP contribution is -2.62. The molecule has 3 heterocycles. The second-order valence-corrected chi connectivity index (χ2v) is 6.98. The molecule has 23 heavy (non-hydrogen) atoms. The Hall–Kier alpha value is -1.85. The van der Waals surface area contributed by atoms with Crippen LogP contribution in [0.4, 0.5) is 0 Å². The Bertz CT molecular complexity index is 738. The third-order valence-corrected chi connectivity index (χ3v) is 5.19. The molecule has 1 N–H and O–H groups in total. The van der Waals surface area contributed by atoms with Gasteiger partial charge in [-0.25, -0.2) is 0 Å². The second-order valence-electron chi connectivity index (χ2n) is 6.98. The third kappa shape index (κ3) is 2.75. The summed E-state index contributed by atoms with van der Waals surface area (Å²) in [4.78, 5) is 23.1. The molecule has 2 aliphatic rings. The fraction of sp³-hybridized carbons (Fsp3) is 0.500. The minimum atomic E-state index is 0.131. The van der Waals surface area contributed by atoms with Crippen LogP contribution in [0, 0.1) is 6.92 Å². The van der Waals surface area contributed by atoms with Crippen LogP contribution in [0.5, 0.6) is 0 Å². The van der Waals surface area contributed by atoms with E-state index in [1.807, 2.05) is 11.0 Å². The van der Waals surface area contributed by atoms with Crippen molar-refractivity contribution in [3.63, 3.8) is 0 Å². The van der Waals surface area contributed by atoms with Crippen molar-refractivity contribution >= 4 is 16.8 Å². The highest BCUT2D eigenvalue weighted by Gasteiger charge is 2.33. The van der Waals surface area contributed by atoms with Gasteiger partial charge in [0, 0.05) is 56.2 Å². The molecule has 1 aromatic heterocycles. The van der Waals surface area contributed by atoms with Gasteiger partial charge < -0.3 is 14.8 Å². The molecule has 1 aromatic carbocycles. The highest BCUT2D eigenvalue weighted by atomic mass is 16.2. The molecule has 2 aromatic rings. The van der Waals surface area contributed by atoms with E-state index in [2.05, 4.69) is 47.0 Å². The van der Waals surface area contributed by atoms with E-state index >= 15 is 0 Å². The van der Waals surface area contributed by atoms with E-state index in [9.17, 15) is 4.79 Å². The van der Waals surface area contributed by atoms with Crippen LogP contribution in [0.1, 0.15) is 16.1 Å². The Kier molecular flexibility index (Phi) is 3.62. The summed E-state index contributed by atoms with van der Waals surface area (Å²) >= 11 is 0. The summed E-state index contributed by atoms with van der Waals surface area (Å²) in [5.41, 5.74) is 2.97. The van der Waals surface area contributed by atoms with Crippen LogP contribution < -0.4 is 0 Å². The Labute approximate surface area is 136 Å². The number of nitrogens with zero attached hydrogens (tertiary/aromatic N) is 3. The number of hydrogen-bond donors (Lipinski definition) is 1. The zero-order valence-electron chi connectivity index (χ0n) is 13.9. The van der Waals surface area contributed by atoms with Crippen molar-refractivity contribution in [1.29, 1.82) is 0 Å². The van der Waals surface area contributed by atoms with Gasteiger partial charge in [-0.2, -0.15) is 0 Å². The molecule has 1 amide bonds. The molecule has 4 rings (SSSR count). The van der Waals surface area contributed by atoms with Crippen molar-refractivity contribution < 1.29 is 4.79 Å². The van der Waals surface area contributed by atoms with Crippen molar-refractivity contribution in [1.82, 2.24) is 19.7 Å². The number of carbonyl (C=O) groups is 1. The number of nitrogens with one attached hydrogen (secondary N) is 1. The molecule has 0 unspecified atom stereocenters. The monoisotopic (exact) mass is 312 g/mol. The number of fused-ring (bicyclic) bond motifs is 2. The van der Waals surface area contributed by atoms with Crippen molar-refractivity contribution in [2.75, 3.05) is 46.3 Å². The lowest BCUT2D eigenvalue weighted by molar-refractivity contribution is 0.0187. The lowest BCUT2D eigenvalue weighted by Gasteiger charge is -2.46. The summed E-state index contributed by atoms with van der Waals surface area (Å²) in [5.74, 6) is 0.131. The summed E-state index contributed by atoms with van der Waals surface area (Å²) in [5, 5.41) is 1.12. The molecule has 122 valence electrons. The maximum absolute atomic E-state index is 12.9. The van der Waals surface area contributed by atoms with Gasteiger partial charge in [0.1, 0.15) is 5.69 Å². The fourth-order valence-electron chi connectivity index (χ4n) is 3.83. The summed E-state index contributed by atoms with van der Waals surface area (Å²) in [6, 6.07) is 8.71. The Morgan fingerprint density at radius 1 is 1.13 bits per heavy atom. The van der Waals surface area contributed by atoms with Crippen LogP contribution in [0.3, 0.4) is 0 Å². The number of amides is 1. The number of benzene rings is 1. The molecule has 0 aliphatic carbocycles. The molecule has 5 heteroatoms. The van der Waals surface area contributed by atoms with E-state index in [-0.39, 0.29) is 5.91 Å². The van der Waals surface area contributed by atoms with E-state index < -0.39 is 0 Å². The number of piperazine rings is 2. The normalized spacial score (nSPS) is 23.2. The van der Waals surface area contributed by atoms with Gasteiger partial charge in [0.2, 0.25) is 0 Å². The van der Waals surface area contributed by atoms with Crippen LogP contribution in [-0.2, 0) is 0 Å². The highest BCUT2D eigenvalue weighted by Crippen LogP contribution is 2.20. The molecule has 2 fully saturated rings. The SMILES string of the molecule is Cc1ccc2[nH]c(C(=O)N3CCN4CCN(C)C[C@H]4C3)cc2c1. The topological polar surface area (TPSA) is 42.6 Å². The smallest absolute Gasteiger partial charge is 0.270 e. The first-order chi connectivity index (χ1) is 11.1. The fourth-order valence-corrected chi connectivity index (χ4v) is 3.83. The van der Waals surface area contributed by atoms with Crippen LogP contribution in [-0.4, -0.2) is 77.9 Å². The predicted molar refractivity (Wildman–Crippen MR) is 91.8 cm³/mol. The van der Waals surface area contributed by atoms with Crippen LogP contribution in [0.25, 0.3) is 10.9 Å². The van der Waals surface area contributed by atoms with Gasteiger partial charge in [-0.1, -0.05) is 11.6 Å². The molecule has 0 bridgehead atoms. The minimum Gasteiger partial charge on any atom is -0.351 e. The number of carbonyl (C=O) groups excluding carboxylic acids is 1. The third-order valence-electron chi connectivity index (χ3n) is 5.19. The maximum Gasteiger partial charge on any atom is 0.270 e. The summed E-state index contributed by atoms with van der Waals surface area (Å²) in [7, 11) is 2.16. The van der Waals surface area contributed by atoms with Crippen molar-refractivity contribution in [2.45, 2.75) is 13.0 Å². The number of likely N-dealkylation sites (N-methyl/N-ethyl adjacent to an activating group) is 1. The molecule has 1 atom stereocenters. The summed E-state index contributed by atoms with van der Waals surface area (Å²) in [6.07, 6.45) is 0. The second kappa shape index (κ2) is 5.65. The number of aromatic nitrogens is 1.